The van der Waals surface area contributed by atoms with Crippen LogP contribution in [-0.2, 0) is 6.42 Å². The first-order valence-corrected chi connectivity index (χ1v) is 4.82. The van der Waals surface area contributed by atoms with Gasteiger partial charge >= 0.3 is 5.69 Å². The molecule has 0 amide bonds. The average Bonchev–Trinajstić information content (AvgIpc) is 2.53. The summed E-state index contributed by atoms with van der Waals surface area (Å²) < 4.78 is 0. The molecule has 0 atom stereocenters. The summed E-state index contributed by atoms with van der Waals surface area (Å²) in [5, 5.41) is 3.33. The molecular weight excluding hydrogens is 166 g/mol. The zero-order valence-corrected chi connectivity index (χ0v) is 7.60. The Labute approximate surface area is 76.8 Å². The van der Waals surface area contributed by atoms with Gasteiger partial charge in [-0.15, -0.1) is 0 Å². The Morgan fingerprint density at radius 3 is 2.77 bits per heavy atom. The van der Waals surface area contributed by atoms with Crippen molar-refractivity contribution in [2.45, 2.75) is 19.3 Å². The third kappa shape index (κ3) is 2.21. The van der Waals surface area contributed by atoms with Crippen molar-refractivity contribution in [1.29, 1.82) is 0 Å². The summed E-state index contributed by atoms with van der Waals surface area (Å²) in [6, 6.07) is 0. The van der Waals surface area contributed by atoms with Crippen molar-refractivity contribution in [3.05, 3.63) is 22.4 Å². The predicted octanol–water partition coefficient (Wildman–Crippen LogP) is 0.245. The predicted molar refractivity (Wildman–Crippen MR) is 50.7 cm³/mol. The van der Waals surface area contributed by atoms with E-state index in [1.165, 1.54) is 12.8 Å². The van der Waals surface area contributed by atoms with E-state index in [2.05, 4.69) is 15.3 Å². The molecule has 1 aromatic heterocycles. The number of H-pyrrole nitrogens is 2. The lowest BCUT2D eigenvalue weighted by molar-refractivity contribution is 0.370. The molecule has 0 aromatic carbocycles. The number of rotatable bonds is 2. The first-order chi connectivity index (χ1) is 6.34. The highest BCUT2D eigenvalue weighted by atomic mass is 16.1. The van der Waals surface area contributed by atoms with E-state index >= 15 is 0 Å². The van der Waals surface area contributed by atoms with Gasteiger partial charge < -0.3 is 15.3 Å². The van der Waals surface area contributed by atoms with Crippen molar-refractivity contribution in [2.75, 3.05) is 13.1 Å². The molecule has 0 unspecified atom stereocenters. The molecule has 1 aliphatic heterocycles. The van der Waals surface area contributed by atoms with Gasteiger partial charge in [0.05, 0.1) is 0 Å². The monoisotopic (exact) mass is 181 g/mol. The fourth-order valence-corrected chi connectivity index (χ4v) is 1.88. The van der Waals surface area contributed by atoms with Gasteiger partial charge in [-0.05, 0) is 38.3 Å². The second kappa shape index (κ2) is 3.79. The Balaban J connectivity index is 1.93. The van der Waals surface area contributed by atoms with Crippen LogP contribution in [0.1, 0.15) is 18.5 Å². The summed E-state index contributed by atoms with van der Waals surface area (Å²) >= 11 is 0. The molecule has 0 spiro atoms. The maximum absolute atomic E-state index is 10.8. The fraction of sp³-hybridized carbons (Fsp3) is 0.667. The summed E-state index contributed by atoms with van der Waals surface area (Å²) in [4.78, 5) is 16.2. The lowest BCUT2D eigenvalue weighted by atomic mass is 9.93. The molecule has 4 heteroatoms. The Kier molecular flexibility index (Phi) is 2.49. The molecule has 1 fully saturated rings. The second-order valence-electron chi connectivity index (χ2n) is 3.67. The van der Waals surface area contributed by atoms with Crippen LogP contribution in [0.5, 0.6) is 0 Å². The van der Waals surface area contributed by atoms with Gasteiger partial charge in [0.25, 0.3) is 0 Å². The van der Waals surface area contributed by atoms with E-state index in [1.807, 2.05) is 0 Å². The Bertz CT molecular complexity index is 309. The first-order valence-electron chi connectivity index (χ1n) is 4.82. The zero-order valence-electron chi connectivity index (χ0n) is 7.60. The van der Waals surface area contributed by atoms with E-state index in [4.69, 9.17) is 0 Å². The lowest BCUT2D eigenvalue weighted by Crippen LogP contribution is -2.28. The average molecular weight is 181 g/mol. The normalized spacial score (nSPS) is 19.1. The van der Waals surface area contributed by atoms with Crippen molar-refractivity contribution in [1.82, 2.24) is 15.3 Å². The largest absolute Gasteiger partial charge is 0.323 e. The molecule has 0 radical (unpaired) electrons. The zero-order chi connectivity index (χ0) is 9.10. The third-order valence-corrected chi connectivity index (χ3v) is 2.62. The van der Waals surface area contributed by atoms with Crippen molar-refractivity contribution in [3.63, 3.8) is 0 Å². The molecule has 0 saturated carbocycles. The van der Waals surface area contributed by atoms with Crippen LogP contribution in [0.3, 0.4) is 0 Å². The third-order valence-electron chi connectivity index (χ3n) is 2.62. The molecule has 0 aliphatic carbocycles. The van der Waals surface area contributed by atoms with E-state index in [1.54, 1.807) is 6.20 Å². The number of hydrogen-bond acceptors (Lipinski definition) is 2. The van der Waals surface area contributed by atoms with Crippen LogP contribution in [0.2, 0.25) is 0 Å². The van der Waals surface area contributed by atoms with E-state index < -0.39 is 0 Å². The molecule has 72 valence electrons. The Morgan fingerprint density at radius 2 is 2.15 bits per heavy atom. The van der Waals surface area contributed by atoms with Crippen LogP contribution in [0.25, 0.3) is 0 Å². The molecule has 0 bridgehead atoms. The standard InChI is InChI=1S/C9H15N3O/c13-9-11-6-8(12-9)5-7-1-3-10-4-2-7/h6-7,10H,1-5H2,(H2,11,12,13). The minimum atomic E-state index is -0.0936. The number of nitrogens with one attached hydrogen (secondary N) is 3. The number of aromatic amines is 2. The van der Waals surface area contributed by atoms with Gasteiger partial charge in [0.1, 0.15) is 0 Å². The number of piperidine rings is 1. The maximum Gasteiger partial charge on any atom is 0.323 e. The second-order valence-corrected chi connectivity index (χ2v) is 3.67. The van der Waals surface area contributed by atoms with Gasteiger partial charge in [0.15, 0.2) is 0 Å². The Morgan fingerprint density at radius 1 is 1.38 bits per heavy atom. The molecule has 13 heavy (non-hydrogen) atoms. The summed E-state index contributed by atoms with van der Waals surface area (Å²) in [6.07, 6.45) is 5.21. The van der Waals surface area contributed by atoms with Crippen LogP contribution >= 0.6 is 0 Å². The quantitative estimate of drug-likeness (QED) is 0.612. The van der Waals surface area contributed by atoms with Crippen LogP contribution < -0.4 is 11.0 Å². The molecule has 1 aliphatic rings. The number of imidazole rings is 1. The van der Waals surface area contributed by atoms with Gasteiger partial charge in [0, 0.05) is 11.9 Å². The number of aromatic nitrogens is 2. The van der Waals surface area contributed by atoms with Crippen LogP contribution in [0.15, 0.2) is 11.0 Å². The molecule has 2 heterocycles. The minimum Gasteiger partial charge on any atom is -0.317 e. The van der Waals surface area contributed by atoms with Crippen molar-refractivity contribution >= 4 is 0 Å². The first kappa shape index (κ1) is 8.56. The summed E-state index contributed by atoms with van der Waals surface area (Å²) in [7, 11) is 0. The van der Waals surface area contributed by atoms with E-state index in [9.17, 15) is 4.79 Å². The highest BCUT2D eigenvalue weighted by Crippen LogP contribution is 2.15. The van der Waals surface area contributed by atoms with Crippen molar-refractivity contribution in [2.24, 2.45) is 5.92 Å². The van der Waals surface area contributed by atoms with E-state index in [0.29, 0.717) is 0 Å². The molecule has 1 aromatic rings. The SMILES string of the molecule is O=c1[nH]cc(CC2CCNCC2)[nH]1. The molecule has 4 nitrogen and oxygen atoms in total. The summed E-state index contributed by atoms with van der Waals surface area (Å²) in [5.41, 5.74) is 0.945. The topological polar surface area (TPSA) is 60.7 Å². The molecular formula is C9H15N3O. The maximum atomic E-state index is 10.8. The molecule has 3 N–H and O–H groups in total. The van der Waals surface area contributed by atoms with Gasteiger partial charge in [-0.2, -0.15) is 0 Å². The van der Waals surface area contributed by atoms with E-state index in [0.717, 1.165) is 31.1 Å². The highest BCUT2D eigenvalue weighted by Gasteiger charge is 2.13. The Hall–Kier alpha value is -1.03. The number of hydrogen-bond donors (Lipinski definition) is 3. The van der Waals surface area contributed by atoms with Crippen molar-refractivity contribution in [3.8, 4) is 0 Å². The summed E-state index contributed by atoms with van der Waals surface area (Å²) in [5.74, 6) is 0.729. The summed E-state index contributed by atoms with van der Waals surface area (Å²) in [6.45, 7) is 2.22. The van der Waals surface area contributed by atoms with Crippen LogP contribution in [-0.4, -0.2) is 23.1 Å². The van der Waals surface area contributed by atoms with Gasteiger partial charge in [-0.1, -0.05) is 0 Å². The lowest BCUT2D eigenvalue weighted by Gasteiger charge is -2.21. The minimum absolute atomic E-state index is 0.0936. The van der Waals surface area contributed by atoms with Crippen LogP contribution in [0, 0.1) is 5.92 Å². The fourth-order valence-electron chi connectivity index (χ4n) is 1.88. The van der Waals surface area contributed by atoms with Crippen LogP contribution in [0.4, 0.5) is 0 Å². The van der Waals surface area contributed by atoms with Gasteiger partial charge in [-0.3, -0.25) is 0 Å². The van der Waals surface area contributed by atoms with Gasteiger partial charge in [0.2, 0.25) is 0 Å². The highest BCUT2D eigenvalue weighted by molar-refractivity contribution is 4.96. The smallest absolute Gasteiger partial charge is 0.317 e. The molecule has 2 rings (SSSR count). The van der Waals surface area contributed by atoms with Crippen molar-refractivity contribution < 1.29 is 0 Å². The molecule has 1 saturated heterocycles. The van der Waals surface area contributed by atoms with Gasteiger partial charge in [-0.25, -0.2) is 4.79 Å². The van der Waals surface area contributed by atoms with E-state index in [-0.39, 0.29) is 5.69 Å².